The number of hydrogen-bond acceptors (Lipinski definition) is 6. The van der Waals surface area contributed by atoms with E-state index >= 15 is 4.39 Å². The molecule has 2 atom stereocenters. The fraction of sp³-hybridized carbons (Fsp3) is 0.438. The summed E-state index contributed by atoms with van der Waals surface area (Å²) in [5, 5.41) is 12.5. The number of fused-ring (bicyclic) bond motifs is 2. The van der Waals surface area contributed by atoms with Gasteiger partial charge in [-0.3, -0.25) is 4.79 Å². The van der Waals surface area contributed by atoms with Gasteiger partial charge >= 0.3 is 5.97 Å². The van der Waals surface area contributed by atoms with Crippen LogP contribution in [0.25, 0.3) is 11.1 Å². The number of rotatable bonds is 8. The normalized spacial score (nSPS) is 20.1. The molecule has 7 nitrogen and oxygen atoms in total. The standard InChI is InChI=1S/C32H35FN2O5/c1-18-13-22(40-21-9-11-38-12-10-21)14-19(2)31(18)23-4-6-26(33)32-24(23)5-7-27(32)35-29-15-28-25(16-34-29)20(17-39-28)3-8-30(36)37/h4,6,13-16,20-21,27H,3,5,7-12,17H2,1-2H3,(H,34,35)(H,36,37)/t20-,27-/m1/s1. The van der Waals surface area contributed by atoms with Crippen LogP contribution in [0.3, 0.4) is 0 Å². The number of carbonyl (C=O) groups is 1. The Morgan fingerprint density at radius 2 is 1.93 bits per heavy atom. The summed E-state index contributed by atoms with van der Waals surface area (Å²) in [5.74, 6) is 1.22. The number of nitrogens with one attached hydrogen (secondary N) is 1. The molecule has 3 heterocycles. The second kappa shape index (κ2) is 11.1. The van der Waals surface area contributed by atoms with Gasteiger partial charge in [0.05, 0.1) is 25.9 Å². The summed E-state index contributed by atoms with van der Waals surface area (Å²) < 4.78 is 32.9. The lowest BCUT2D eigenvalue weighted by atomic mass is 9.90. The molecule has 1 aromatic heterocycles. The lowest BCUT2D eigenvalue weighted by Gasteiger charge is -2.24. The quantitative estimate of drug-likeness (QED) is 0.333. The van der Waals surface area contributed by atoms with Crippen LogP contribution in [0.4, 0.5) is 10.2 Å². The van der Waals surface area contributed by atoms with Gasteiger partial charge in [-0.25, -0.2) is 9.37 Å². The van der Waals surface area contributed by atoms with Crippen LogP contribution in [0.1, 0.15) is 71.9 Å². The summed E-state index contributed by atoms with van der Waals surface area (Å²) in [7, 11) is 0. The van der Waals surface area contributed by atoms with Crippen LogP contribution in [-0.4, -0.2) is 42.0 Å². The van der Waals surface area contributed by atoms with Crippen molar-refractivity contribution < 1.29 is 28.5 Å². The van der Waals surface area contributed by atoms with Crippen molar-refractivity contribution in [1.82, 2.24) is 4.98 Å². The van der Waals surface area contributed by atoms with E-state index in [9.17, 15) is 4.79 Å². The molecule has 1 saturated heterocycles. The number of aromatic nitrogens is 1. The van der Waals surface area contributed by atoms with Gasteiger partial charge in [0, 0.05) is 48.6 Å². The third-order valence-corrected chi connectivity index (χ3v) is 8.39. The van der Waals surface area contributed by atoms with E-state index in [1.165, 1.54) is 0 Å². The molecule has 0 saturated carbocycles. The van der Waals surface area contributed by atoms with Crippen LogP contribution in [0.5, 0.6) is 11.5 Å². The van der Waals surface area contributed by atoms with Gasteiger partial charge in [0.2, 0.25) is 0 Å². The maximum Gasteiger partial charge on any atom is 0.303 e. The third kappa shape index (κ3) is 5.24. The molecule has 2 aromatic carbocycles. The van der Waals surface area contributed by atoms with E-state index in [2.05, 4.69) is 36.3 Å². The van der Waals surface area contributed by atoms with Crippen LogP contribution in [0.2, 0.25) is 0 Å². The average molecular weight is 547 g/mol. The van der Waals surface area contributed by atoms with Gasteiger partial charge in [-0.15, -0.1) is 0 Å². The molecular weight excluding hydrogens is 511 g/mol. The topological polar surface area (TPSA) is 89.9 Å². The van der Waals surface area contributed by atoms with Gasteiger partial charge in [-0.05, 0) is 79.1 Å². The van der Waals surface area contributed by atoms with Crippen LogP contribution in [0.15, 0.2) is 36.5 Å². The minimum Gasteiger partial charge on any atom is -0.492 e. The molecule has 8 heteroatoms. The third-order valence-electron chi connectivity index (χ3n) is 8.39. The highest BCUT2D eigenvalue weighted by Gasteiger charge is 2.31. The Bertz CT molecular complexity index is 1410. The highest BCUT2D eigenvalue weighted by atomic mass is 19.1. The second-order valence-corrected chi connectivity index (χ2v) is 11.1. The van der Waals surface area contributed by atoms with Crippen molar-refractivity contribution in [2.24, 2.45) is 0 Å². The number of ether oxygens (including phenoxy) is 3. The van der Waals surface area contributed by atoms with Crippen molar-refractivity contribution in [2.75, 3.05) is 25.1 Å². The monoisotopic (exact) mass is 546 g/mol. The number of halogens is 1. The first-order valence-electron chi connectivity index (χ1n) is 14.2. The van der Waals surface area contributed by atoms with Crippen LogP contribution in [0, 0.1) is 19.7 Å². The molecule has 6 rings (SSSR count). The molecule has 1 fully saturated rings. The number of aliphatic carboxylic acids is 1. The first-order chi connectivity index (χ1) is 19.4. The predicted molar refractivity (Wildman–Crippen MR) is 150 cm³/mol. The Labute approximate surface area is 233 Å². The van der Waals surface area contributed by atoms with Crippen molar-refractivity contribution in [1.29, 1.82) is 0 Å². The zero-order valence-corrected chi connectivity index (χ0v) is 23.0. The summed E-state index contributed by atoms with van der Waals surface area (Å²) in [6.45, 7) is 6.11. The van der Waals surface area contributed by atoms with E-state index in [1.54, 1.807) is 12.3 Å². The Balaban J connectivity index is 1.23. The molecule has 2 aliphatic heterocycles. The summed E-state index contributed by atoms with van der Waals surface area (Å²) in [5.41, 5.74) is 7.09. The number of benzene rings is 2. The van der Waals surface area contributed by atoms with E-state index in [1.807, 2.05) is 12.1 Å². The van der Waals surface area contributed by atoms with Crippen molar-refractivity contribution in [2.45, 2.75) is 70.4 Å². The van der Waals surface area contributed by atoms with E-state index in [0.29, 0.717) is 24.4 Å². The molecule has 0 amide bonds. The minimum atomic E-state index is -0.814. The maximum atomic E-state index is 15.3. The smallest absolute Gasteiger partial charge is 0.303 e. The van der Waals surface area contributed by atoms with Gasteiger partial charge in [-0.1, -0.05) is 6.07 Å². The predicted octanol–water partition coefficient (Wildman–Crippen LogP) is 6.50. The number of carboxylic acid groups (broad SMARTS) is 1. The number of carboxylic acids is 1. The molecule has 40 heavy (non-hydrogen) atoms. The summed E-state index contributed by atoms with van der Waals surface area (Å²) >= 11 is 0. The summed E-state index contributed by atoms with van der Waals surface area (Å²) in [6, 6.07) is 9.31. The second-order valence-electron chi connectivity index (χ2n) is 11.1. The zero-order valence-electron chi connectivity index (χ0n) is 23.0. The van der Waals surface area contributed by atoms with Crippen LogP contribution >= 0.6 is 0 Å². The van der Waals surface area contributed by atoms with Gasteiger partial charge in [0.25, 0.3) is 0 Å². The first kappa shape index (κ1) is 26.6. The largest absolute Gasteiger partial charge is 0.492 e. The van der Waals surface area contributed by atoms with Crippen molar-refractivity contribution in [3.63, 3.8) is 0 Å². The summed E-state index contributed by atoms with van der Waals surface area (Å²) in [6.07, 6.45) is 5.86. The number of hydrogen-bond donors (Lipinski definition) is 2. The van der Waals surface area contributed by atoms with Gasteiger partial charge < -0.3 is 24.6 Å². The molecule has 1 aliphatic carbocycles. The Kier molecular flexibility index (Phi) is 7.36. The van der Waals surface area contributed by atoms with Crippen LogP contribution in [-0.2, 0) is 16.0 Å². The van der Waals surface area contributed by atoms with Gasteiger partial charge in [0.15, 0.2) is 0 Å². The zero-order chi connectivity index (χ0) is 27.8. The molecule has 3 aliphatic rings. The molecule has 0 spiro atoms. The highest BCUT2D eigenvalue weighted by molar-refractivity contribution is 5.77. The molecule has 0 unspecified atom stereocenters. The van der Waals surface area contributed by atoms with E-state index in [-0.39, 0.29) is 30.3 Å². The average Bonchev–Trinajstić information content (AvgIpc) is 3.53. The Hall–Kier alpha value is -3.65. The van der Waals surface area contributed by atoms with E-state index in [0.717, 1.165) is 83.8 Å². The highest BCUT2D eigenvalue weighted by Crippen LogP contribution is 2.44. The van der Waals surface area contributed by atoms with Crippen molar-refractivity contribution in [3.8, 4) is 22.6 Å². The number of nitrogens with zero attached hydrogens (tertiary/aromatic N) is 1. The van der Waals surface area contributed by atoms with E-state index in [4.69, 9.17) is 19.3 Å². The molecule has 2 N–H and O–H groups in total. The molecule has 210 valence electrons. The fourth-order valence-electron chi connectivity index (χ4n) is 6.45. The Morgan fingerprint density at radius 3 is 2.67 bits per heavy atom. The van der Waals surface area contributed by atoms with Crippen molar-refractivity contribution >= 4 is 11.8 Å². The fourth-order valence-corrected chi connectivity index (χ4v) is 6.45. The summed E-state index contributed by atoms with van der Waals surface area (Å²) in [4.78, 5) is 15.6. The molecule has 0 bridgehead atoms. The minimum absolute atomic E-state index is 0.0276. The number of pyridine rings is 1. The van der Waals surface area contributed by atoms with Gasteiger partial charge in [-0.2, -0.15) is 0 Å². The lowest BCUT2D eigenvalue weighted by Crippen LogP contribution is -2.25. The Morgan fingerprint density at radius 1 is 1.15 bits per heavy atom. The van der Waals surface area contributed by atoms with Crippen molar-refractivity contribution in [3.05, 3.63) is 70.2 Å². The SMILES string of the molecule is Cc1cc(OC2CCOCC2)cc(C)c1-c1ccc(F)c2c1CC[C@H]2Nc1cc2c(cn1)[C@H](CCC(=O)O)CO2. The molecule has 3 aromatic rings. The first-order valence-corrected chi connectivity index (χ1v) is 14.2. The molecular formula is C32H35FN2O5. The van der Waals surface area contributed by atoms with E-state index < -0.39 is 5.97 Å². The molecule has 0 radical (unpaired) electrons. The van der Waals surface area contributed by atoms with Gasteiger partial charge in [0.1, 0.15) is 29.2 Å². The van der Waals surface area contributed by atoms with Crippen LogP contribution < -0.4 is 14.8 Å². The number of aryl methyl sites for hydroxylation is 2. The number of anilines is 1. The maximum absolute atomic E-state index is 15.3. The lowest BCUT2D eigenvalue weighted by molar-refractivity contribution is -0.137.